The first kappa shape index (κ1) is 17.4. The number of nitrogens with zero attached hydrogens (tertiary/aromatic N) is 2. The van der Waals surface area contributed by atoms with Crippen LogP contribution < -0.4 is 19.8 Å². The van der Waals surface area contributed by atoms with Gasteiger partial charge in [0.1, 0.15) is 9.98 Å². The molecule has 0 aliphatic rings. The van der Waals surface area contributed by atoms with Crippen molar-refractivity contribution in [1.29, 1.82) is 0 Å². The van der Waals surface area contributed by atoms with Gasteiger partial charge in [0, 0.05) is 37.4 Å². The SMILES string of the molecule is S=C(C[n+]1ccccc1)NCCCNC(=S)C[n+]1ccccc1. The van der Waals surface area contributed by atoms with Gasteiger partial charge in [-0.25, -0.2) is 0 Å². The zero-order valence-corrected chi connectivity index (χ0v) is 14.7. The molecule has 2 aromatic heterocycles. The Labute approximate surface area is 148 Å². The van der Waals surface area contributed by atoms with Crippen LogP contribution in [0, 0.1) is 0 Å². The van der Waals surface area contributed by atoms with Crippen molar-refractivity contribution in [3.05, 3.63) is 61.2 Å². The number of aromatic nitrogens is 2. The monoisotopic (exact) mass is 346 g/mol. The zero-order valence-electron chi connectivity index (χ0n) is 13.0. The molecule has 0 unspecified atom stereocenters. The van der Waals surface area contributed by atoms with Crippen LogP contribution in [-0.2, 0) is 13.1 Å². The highest BCUT2D eigenvalue weighted by Crippen LogP contribution is 1.83. The van der Waals surface area contributed by atoms with Crippen LogP contribution in [0.5, 0.6) is 0 Å². The first-order chi connectivity index (χ1) is 11.2. The van der Waals surface area contributed by atoms with Crippen molar-refractivity contribution < 1.29 is 9.13 Å². The molecule has 2 rings (SSSR count). The van der Waals surface area contributed by atoms with E-state index in [1.165, 1.54) is 0 Å². The molecule has 0 atom stereocenters. The number of nitrogens with one attached hydrogen (secondary N) is 2. The topological polar surface area (TPSA) is 31.8 Å². The normalized spacial score (nSPS) is 10.1. The van der Waals surface area contributed by atoms with Gasteiger partial charge in [0.15, 0.2) is 37.9 Å². The Kier molecular flexibility index (Phi) is 7.56. The average molecular weight is 347 g/mol. The van der Waals surface area contributed by atoms with Crippen molar-refractivity contribution in [3.8, 4) is 0 Å². The number of hydrogen-bond acceptors (Lipinski definition) is 2. The Morgan fingerprint density at radius 2 is 1.04 bits per heavy atom. The van der Waals surface area contributed by atoms with Crippen molar-refractivity contribution in [3.63, 3.8) is 0 Å². The Morgan fingerprint density at radius 3 is 1.43 bits per heavy atom. The van der Waals surface area contributed by atoms with E-state index in [0.29, 0.717) is 13.1 Å². The van der Waals surface area contributed by atoms with Crippen LogP contribution in [0.4, 0.5) is 0 Å². The molecule has 0 aliphatic heterocycles. The minimum Gasteiger partial charge on any atom is -0.374 e. The van der Waals surface area contributed by atoms with E-state index < -0.39 is 0 Å². The third kappa shape index (κ3) is 7.25. The third-order valence-electron chi connectivity index (χ3n) is 3.20. The molecule has 0 amide bonds. The fraction of sp³-hybridized carbons (Fsp3) is 0.294. The first-order valence-electron chi connectivity index (χ1n) is 7.65. The second-order valence-electron chi connectivity index (χ2n) is 5.15. The van der Waals surface area contributed by atoms with E-state index >= 15 is 0 Å². The Hall–Kier alpha value is -1.92. The standard InChI is InChI=1S/C17H20N4S2/c22-16(14-20-10-3-1-4-11-20)18-8-7-9-19-17(23)15-21-12-5-2-6-13-21/h1-6,10-13H,7-9,14-15H2/p+2. The summed E-state index contributed by atoms with van der Waals surface area (Å²) in [5.41, 5.74) is 0. The lowest BCUT2D eigenvalue weighted by Gasteiger charge is -2.07. The minimum absolute atomic E-state index is 0.715. The van der Waals surface area contributed by atoms with Crippen LogP contribution >= 0.6 is 24.4 Å². The number of thiocarbonyl (C=S) groups is 2. The molecule has 23 heavy (non-hydrogen) atoms. The summed E-state index contributed by atoms with van der Waals surface area (Å²) in [6.07, 6.45) is 9.01. The minimum atomic E-state index is 0.715. The molecule has 0 aliphatic carbocycles. The smallest absolute Gasteiger partial charge is 0.198 e. The molecule has 120 valence electrons. The molecule has 2 heterocycles. The van der Waals surface area contributed by atoms with Crippen LogP contribution in [0.1, 0.15) is 6.42 Å². The van der Waals surface area contributed by atoms with Crippen LogP contribution in [0.3, 0.4) is 0 Å². The highest BCUT2D eigenvalue weighted by atomic mass is 32.1. The van der Waals surface area contributed by atoms with Gasteiger partial charge in [-0.2, -0.15) is 9.13 Å². The van der Waals surface area contributed by atoms with E-state index in [2.05, 4.69) is 19.8 Å². The molecular weight excluding hydrogens is 324 g/mol. The molecule has 2 aromatic rings. The van der Waals surface area contributed by atoms with Crippen LogP contribution in [0.25, 0.3) is 0 Å². The number of rotatable bonds is 8. The van der Waals surface area contributed by atoms with Crippen LogP contribution in [0.15, 0.2) is 61.2 Å². The van der Waals surface area contributed by atoms with Crippen molar-refractivity contribution in [2.24, 2.45) is 0 Å². The summed E-state index contributed by atoms with van der Waals surface area (Å²) in [4.78, 5) is 1.70. The summed E-state index contributed by atoms with van der Waals surface area (Å²) in [6.45, 7) is 3.12. The highest BCUT2D eigenvalue weighted by molar-refractivity contribution is 7.80. The largest absolute Gasteiger partial charge is 0.374 e. The quantitative estimate of drug-likeness (QED) is 0.427. The summed E-state index contributed by atoms with van der Waals surface area (Å²) in [7, 11) is 0. The van der Waals surface area contributed by atoms with Gasteiger partial charge in [0.25, 0.3) is 0 Å². The van der Waals surface area contributed by atoms with E-state index in [-0.39, 0.29) is 0 Å². The van der Waals surface area contributed by atoms with E-state index in [0.717, 1.165) is 29.5 Å². The average Bonchev–Trinajstić information content (AvgIpc) is 2.56. The summed E-state index contributed by atoms with van der Waals surface area (Å²) >= 11 is 10.7. The second kappa shape index (κ2) is 9.97. The molecule has 2 N–H and O–H groups in total. The summed E-state index contributed by atoms with van der Waals surface area (Å²) in [5.74, 6) is 0. The molecule has 0 saturated heterocycles. The van der Waals surface area contributed by atoms with Crippen LogP contribution in [-0.4, -0.2) is 23.1 Å². The lowest BCUT2D eigenvalue weighted by molar-refractivity contribution is -0.682. The van der Waals surface area contributed by atoms with Crippen molar-refractivity contribution in [2.45, 2.75) is 19.5 Å². The summed E-state index contributed by atoms with van der Waals surface area (Å²) < 4.78 is 4.11. The highest BCUT2D eigenvalue weighted by Gasteiger charge is 2.05. The van der Waals surface area contributed by atoms with Gasteiger partial charge >= 0.3 is 0 Å². The molecule has 6 heteroatoms. The maximum absolute atomic E-state index is 5.34. The van der Waals surface area contributed by atoms with Gasteiger partial charge in [0.05, 0.1) is 0 Å². The Bertz CT molecular complexity index is 562. The fourth-order valence-electron chi connectivity index (χ4n) is 2.07. The number of hydrogen-bond donors (Lipinski definition) is 2. The zero-order chi connectivity index (χ0) is 16.3. The van der Waals surface area contributed by atoms with E-state index in [9.17, 15) is 0 Å². The van der Waals surface area contributed by atoms with E-state index in [1.54, 1.807) is 0 Å². The number of pyridine rings is 2. The van der Waals surface area contributed by atoms with Gasteiger partial charge in [-0.05, 0) is 6.42 Å². The Balaban J connectivity index is 1.55. The predicted octanol–water partition coefficient (Wildman–Crippen LogP) is 1.19. The molecular formula is C17H22N4S2+2. The summed E-state index contributed by atoms with van der Waals surface area (Å²) in [5, 5.41) is 6.55. The van der Waals surface area contributed by atoms with E-state index in [4.69, 9.17) is 24.4 Å². The maximum atomic E-state index is 5.34. The lowest BCUT2D eigenvalue weighted by Crippen LogP contribution is -2.43. The molecule has 4 nitrogen and oxygen atoms in total. The molecule has 0 saturated carbocycles. The van der Waals surface area contributed by atoms with Crippen LogP contribution in [0.2, 0.25) is 0 Å². The van der Waals surface area contributed by atoms with Crippen molar-refractivity contribution in [1.82, 2.24) is 10.6 Å². The maximum Gasteiger partial charge on any atom is 0.198 e. The van der Waals surface area contributed by atoms with Gasteiger partial charge in [0.2, 0.25) is 0 Å². The molecule has 0 bridgehead atoms. The van der Waals surface area contributed by atoms with Gasteiger partial charge < -0.3 is 10.6 Å². The second-order valence-corrected chi connectivity index (χ2v) is 6.13. The van der Waals surface area contributed by atoms with Gasteiger partial charge in [-0.3, -0.25) is 0 Å². The van der Waals surface area contributed by atoms with Gasteiger partial charge in [-0.15, -0.1) is 0 Å². The first-order valence-corrected chi connectivity index (χ1v) is 8.47. The Morgan fingerprint density at radius 1 is 0.652 bits per heavy atom. The lowest BCUT2D eigenvalue weighted by atomic mass is 10.4. The summed E-state index contributed by atoms with van der Waals surface area (Å²) in [6, 6.07) is 12.0. The molecule has 0 spiro atoms. The van der Waals surface area contributed by atoms with E-state index in [1.807, 2.05) is 61.2 Å². The predicted molar refractivity (Wildman–Crippen MR) is 99.1 cm³/mol. The molecule has 0 aromatic carbocycles. The van der Waals surface area contributed by atoms with Gasteiger partial charge in [-0.1, -0.05) is 36.6 Å². The fourth-order valence-corrected chi connectivity index (χ4v) is 2.57. The van der Waals surface area contributed by atoms with Crippen molar-refractivity contribution in [2.75, 3.05) is 13.1 Å². The van der Waals surface area contributed by atoms with Crippen molar-refractivity contribution >= 4 is 34.4 Å². The molecule has 0 fully saturated rings. The molecule has 0 radical (unpaired) electrons. The third-order valence-corrected chi connectivity index (χ3v) is 3.75.